The predicted molar refractivity (Wildman–Crippen MR) is 83.7 cm³/mol. The fourth-order valence-corrected chi connectivity index (χ4v) is 2.26. The summed E-state index contributed by atoms with van der Waals surface area (Å²) in [5.74, 6) is 0. The molecule has 1 heterocycles. The normalized spacial score (nSPS) is 14.5. The first-order valence-electron chi connectivity index (χ1n) is 7.24. The van der Waals surface area contributed by atoms with Crippen molar-refractivity contribution in [2.24, 2.45) is 0 Å². The van der Waals surface area contributed by atoms with E-state index in [0.29, 0.717) is 19.3 Å². The van der Waals surface area contributed by atoms with Crippen molar-refractivity contribution in [1.29, 1.82) is 0 Å². The van der Waals surface area contributed by atoms with Crippen LogP contribution < -0.4 is 5.32 Å². The van der Waals surface area contributed by atoms with Gasteiger partial charge in [-0.25, -0.2) is 4.68 Å². The molecular weight excluding hydrogens is 332 g/mol. The fourth-order valence-electron chi connectivity index (χ4n) is 1.99. The Morgan fingerprint density at radius 1 is 1.29 bits per heavy atom. The quantitative estimate of drug-likeness (QED) is 0.743. The number of rotatable bonds is 8. The van der Waals surface area contributed by atoms with Crippen LogP contribution in [-0.2, 0) is 24.4 Å². The molecule has 5 nitrogen and oxygen atoms in total. The Hall–Kier alpha value is -1.24. The molecule has 0 saturated heterocycles. The van der Waals surface area contributed by atoms with Gasteiger partial charge in [-0.1, -0.05) is 33.3 Å². The molecule has 1 saturated carbocycles. The van der Waals surface area contributed by atoms with E-state index in [9.17, 15) is 0 Å². The van der Waals surface area contributed by atoms with Gasteiger partial charge in [0.1, 0.15) is 0 Å². The van der Waals surface area contributed by atoms with Crippen molar-refractivity contribution in [3.05, 3.63) is 46.2 Å². The van der Waals surface area contributed by atoms with Crippen LogP contribution in [0.4, 0.5) is 0 Å². The summed E-state index contributed by atoms with van der Waals surface area (Å²) in [6.45, 7) is 2.80. The van der Waals surface area contributed by atoms with Gasteiger partial charge in [-0.05, 0) is 30.5 Å². The van der Waals surface area contributed by atoms with Crippen molar-refractivity contribution in [1.82, 2.24) is 20.3 Å². The van der Waals surface area contributed by atoms with Crippen LogP contribution in [0.15, 0.2) is 34.9 Å². The lowest BCUT2D eigenvalue weighted by Crippen LogP contribution is -2.15. The van der Waals surface area contributed by atoms with Crippen molar-refractivity contribution in [2.75, 3.05) is 6.61 Å². The van der Waals surface area contributed by atoms with E-state index in [-0.39, 0.29) is 0 Å². The van der Waals surface area contributed by atoms with Crippen LogP contribution in [0, 0.1) is 0 Å². The second-order valence-corrected chi connectivity index (χ2v) is 6.22. The molecule has 6 heteroatoms. The zero-order chi connectivity index (χ0) is 14.5. The third-order valence-corrected chi connectivity index (χ3v) is 3.91. The van der Waals surface area contributed by atoms with Crippen LogP contribution >= 0.6 is 15.9 Å². The molecule has 0 amide bonds. The molecule has 0 unspecified atom stereocenters. The molecule has 0 bridgehead atoms. The summed E-state index contributed by atoms with van der Waals surface area (Å²) in [5.41, 5.74) is 2.17. The zero-order valence-electron chi connectivity index (χ0n) is 11.8. The number of benzene rings is 1. The second-order valence-electron chi connectivity index (χ2n) is 5.31. The topological polar surface area (TPSA) is 52.0 Å². The molecule has 0 aliphatic heterocycles. The molecule has 2 aromatic rings. The zero-order valence-corrected chi connectivity index (χ0v) is 13.4. The number of halogens is 1. The predicted octanol–water partition coefficient (Wildman–Crippen LogP) is 2.51. The molecule has 1 aromatic heterocycles. The van der Waals surface area contributed by atoms with Gasteiger partial charge in [0.05, 0.1) is 25.5 Å². The smallest absolute Gasteiger partial charge is 0.0964 e. The van der Waals surface area contributed by atoms with Crippen LogP contribution in [0.1, 0.15) is 24.1 Å². The van der Waals surface area contributed by atoms with E-state index in [1.807, 2.05) is 23.0 Å². The standard InChI is InChI=1S/C15H19BrN4O/c16-13-3-1-12(2-4-13)11-21-8-7-20-10-15(18-19-20)9-17-14-5-6-14/h1-4,10,14,17H,5-9,11H2. The number of hydrogen-bond donors (Lipinski definition) is 1. The van der Waals surface area contributed by atoms with Gasteiger partial charge >= 0.3 is 0 Å². The van der Waals surface area contributed by atoms with E-state index in [2.05, 4.69) is 43.7 Å². The minimum Gasteiger partial charge on any atom is -0.375 e. The van der Waals surface area contributed by atoms with Gasteiger partial charge in [0.2, 0.25) is 0 Å². The summed E-state index contributed by atoms with van der Waals surface area (Å²) in [7, 11) is 0. The molecule has 3 rings (SSSR count). The third-order valence-electron chi connectivity index (χ3n) is 3.38. The minimum absolute atomic E-state index is 0.623. The van der Waals surface area contributed by atoms with Gasteiger partial charge in [-0.3, -0.25) is 0 Å². The molecule has 1 N–H and O–H groups in total. The molecule has 1 aliphatic carbocycles. The molecule has 0 radical (unpaired) electrons. The largest absolute Gasteiger partial charge is 0.375 e. The average molecular weight is 351 g/mol. The maximum absolute atomic E-state index is 5.66. The highest BCUT2D eigenvalue weighted by molar-refractivity contribution is 9.10. The second kappa shape index (κ2) is 7.15. The Kier molecular flexibility index (Phi) is 5.00. The summed E-state index contributed by atoms with van der Waals surface area (Å²) in [6, 6.07) is 8.86. The number of nitrogens with one attached hydrogen (secondary N) is 1. The van der Waals surface area contributed by atoms with Gasteiger partial charge in [-0.15, -0.1) is 5.10 Å². The van der Waals surface area contributed by atoms with Crippen LogP contribution in [0.3, 0.4) is 0 Å². The lowest BCUT2D eigenvalue weighted by Gasteiger charge is -2.04. The first-order valence-corrected chi connectivity index (χ1v) is 8.03. The SMILES string of the molecule is Brc1ccc(COCCn2cc(CNC3CC3)nn2)cc1. The van der Waals surface area contributed by atoms with Crippen LogP contribution in [0.5, 0.6) is 0 Å². The Labute approximate surface area is 132 Å². The Bertz CT molecular complexity index is 565. The maximum atomic E-state index is 5.66. The van der Waals surface area contributed by atoms with Gasteiger partial charge in [0, 0.05) is 23.3 Å². The fraction of sp³-hybridized carbons (Fsp3) is 0.467. The van der Waals surface area contributed by atoms with Crippen LogP contribution in [-0.4, -0.2) is 27.6 Å². The number of nitrogens with zero attached hydrogens (tertiary/aromatic N) is 3. The highest BCUT2D eigenvalue weighted by Gasteiger charge is 2.20. The summed E-state index contributed by atoms with van der Waals surface area (Å²) < 4.78 is 8.58. The van der Waals surface area contributed by atoms with Gasteiger partial charge in [-0.2, -0.15) is 0 Å². The van der Waals surface area contributed by atoms with Crippen molar-refractivity contribution in [3.63, 3.8) is 0 Å². The first kappa shape index (κ1) is 14.7. The molecule has 21 heavy (non-hydrogen) atoms. The van der Waals surface area contributed by atoms with Crippen LogP contribution in [0.25, 0.3) is 0 Å². The molecule has 1 aromatic carbocycles. The number of hydrogen-bond acceptors (Lipinski definition) is 4. The molecule has 1 fully saturated rings. The van der Waals surface area contributed by atoms with E-state index >= 15 is 0 Å². The lowest BCUT2D eigenvalue weighted by molar-refractivity contribution is 0.110. The summed E-state index contributed by atoms with van der Waals surface area (Å²) >= 11 is 3.42. The van der Waals surface area contributed by atoms with E-state index in [0.717, 1.165) is 23.3 Å². The maximum Gasteiger partial charge on any atom is 0.0964 e. The van der Waals surface area contributed by atoms with Crippen molar-refractivity contribution in [3.8, 4) is 0 Å². The van der Waals surface area contributed by atoms with Crippen LogP contribution in [0.2, 0.25) is 0 Å². The third kappa shape index (κ3) is 4.91. The summed E-state index contributed by atoms with van der Waals surface area (Å²) in [4.78, 5) is 0. The Morgan fingerprint density at radius 2 is 2.10 bits per heavy atom. The van der Waals surface area contributed by atoms with E-state index in [1.165, 1.54) is 18.4 Å². The number of ether oxygens (including phenoxy) is 1. The Morgan fingerprint density at radius 3 is 2.86 bits per heavy atom. The van der Waals surface area contributed by atoms with Gasteiger partial charge in [0.15, 0.2) is 0 Å². The summed E-state index contributed by atoms with van der Waals surface area (Å²) in [5, 5.41) is 11.7. The van der Waals surface area contributed by atoms with Crippen molar-refractivity contribution >= 4 is 15.9 Å². The minimum atomic E-state index is 0.623. The molecule has 1 aliphatic rings. The number of aromatic nitrogens is 3. The molecule has 0 atom stereocenters. The highest BCUT2D eigenvalue weighted by atomic mass is 79.9. The van der Waals surface area contributed by atoms with E-state index < -0.39 is 0 Å². The molecule has 0 spiro atoms. The lowest BCUT2D eigenvalue weighted by atomic mass is 10.2. The van der Waals surface area contributed by atoms with Gasteiger partial charge in [0.25, 0.3) is 0 Å². The van der Waals surface area contributed by atoms with E-state index in [1.54, 1.807) is 0 Å². The van der Waals surface area contributed by atoms with E-state index in [4.69, 9.17) is 4.74 Å². The van der Waals surface area contributed by atoms with Gasteiger partial charge < -0.3 is 10.1 Å². The molecule has 112 valence electrons. The van der Waals surface area contributed by atoms with Crippen molar-refractivity contribution in [2.45, 2.75) is 38.6 Å². The first-order chi connectivity index (χ1) is 10.3. The average Bonchev–Trinajstić information content (AvgIpc) is 3.22. The summed E-state index contributed by atoms with van der Waals surface area (Å²) in [6.07, 6.45) is 4.56. The Balaban J connectivity index is 1.35. The monoisotopic (exact) mass is 350 g/mol. The van der Waals surface area contributed by atoms with Crippen molar-refractivity contribution < 1.29 is 4.74 Å². The molecular formula is C15H19BrN4O. The highest BCUT2D eigenvalue weighted by Crippen LogP contribution is 2.18.